The van der Waals surface area contributed by atoms with Crippen molar-refractivity contribution in [2.24, 2.45) is 10.2 Å². The third-order valence-corrected chi connectivity index (χ3v) is 4.85. The minimum Gasteiger partial charge on any atom is -0.493 e. The summed E-state index contributed by atoms with van der Waals surface area (Å²) in [5.74, 6) is -1.99. The molecule has 1 amide bonds. The standard InChI is InChI=1S/C17H15FN4O4S/c1-27(25,26)22(14-9-5-3-7-12(14)18)10-15(23)20-21-16-11-6-2-4-8-13(11)19-17(16)24/h2-9,19,24H,10H2,1H3. The number of sulfonamides is 1. The number of amides is 1. The Kier molecular flexibility index (Phi) is 4.91. The third-order valence-electron chi connectivity index (χ3n) is 3.72. The number of aromatic hydroxyl groups is 1. The number of azo groups is 1. The number of nitrogens with one attached hydrogen (secondary N) is 1. The normalized spacial score (nSPS) is 11.9. The van der Waals surface area contributed by atoms with Crippen molar-refractivity contribution in [1.82, 2.24) is 4.98 Å². The van der Waals surface area contributed by atoms with Crippen LogP contribution in [0.1, 0.15) is 0 Å². The van der Waals surface area contributed by atoms with Gasteiger partial charge in [-0.25, -0.2) is 12.8 Å². The highest BCUT2D eigenvalue weighted by Crippen LogP contribution is 2.35. The van der Waals surface area contributed by atoms with E-state index >= 15 is 0 Å². The molecule has 2 aromatic carbocycles. The molecule has 0 aliphatic carbocycles. The van der Waals surface area contributed by atoms with Gasteiger partial charge >= 0.3 is 0 Å². The number of rotatable bonds is 5. The maximum Gasteiger partial charge on any atom is 0.285 e. The molecule has 27 heavy (non-hydrogen) atoms. The number of carbonyl (C=O) groups excluding carboxylic acids is 1. The topological polar surface area (TPSA) is 115 Å². The number of para-hydroxylation sites is 2. The maximum atomic E-state index is 13.9. The van der Waals surface area contributed by atoms with Gasteiger partial charge in [-0.15, -0.1) is 10.2 Å². The van der Waals surface area contributed by atoms with Crippen LogP contribution in [0.5, 0.6) is 5.88 Å². The molecule has 0 atom stereocenters. The predicted octanol–water partition coefficient (Wildman–Crippen LogP) is 3.09. The smallest absolute Gasteiger partial charge is 0.285 e. The van der Waals surface area contributed by atoms with E-state index in [0.29, 0.717) is 15.2 Å². The second-order valence-corrected chi connectivity index (χ2v) is 7.59. The first-order chi connectivity index (χ1) is 12.8. The average molecular weight is 390 g/mol. The van der Waals surface area contributed by atoms with Gasteiger partial charge in [0.25, 0.3) is 5.91 Å². The molecule has 0 spiro atoms. The Morgan fingerprint density at radius 1 is 1.19 bits per heavy atom. The number of fused-ring (bicyclic) bond motifs is 1. The number of hydrogen-bond acceptors (Lipinski definition) is 5. The van der Waals surface area contributed by atoms with Gasteiger partial charge < -0.3 is 10.1 Å². The van der Waals surface area contributed by atoms with Crippen LogP contribution < -0.4 is 4.31 Å². The molecule has 140 valence electrons. The monoisotopic (exact) mass is 390 g/mol. The van der Waals surface area contributed by atoms with Crippen LogP contribution in [0, 0.1) is 5.82 Å². The number of aromatic amines is 1. The summed E-state index contributed by atoms with van der Waals surface area (Å²) < 4.78 is 38.5. The number of H-pyrrole nitrogens is 1. The molecule has 0 radical (unpaired) electrons. The van der Waals surface area contributed by atoms with E-state index in [1.807, 2.05) is 0 Å². The number of anilines is 1. The summed E-state index contributed by atoms with van der Waals surface area (Å²) in [6.07, 6.45) is 0.857. The van der Waals surface area contributed by atoms with Crippen molar-refractivity contribution in [2.75, 3.05) is 17.1 Å². The van der Waals surface area contributed by atoms with Crippen molar-refractivity contribution in [2.45, 2.75) is 0 Å². The SMILES string of the molecule is CS(=O)(=O)N(CC(=O)N=Nc1c(O)[nH]c2ccccc12)c1ccccc1F. The molecule has 0 bridgehead atoms. The Balaban J connectivity index is 1.87. The Bertz CT molecular complexity index is 1140. The van der Waals surface area contributed by atoms with Crippen molar-refractivity contribution in [3.8, 4) is 5.88 Å². The molecular weight excluding hydrogens is 375 g/mol. The van der Waals surface area contributed by atoms with Gasteiger partial charge in [-0.05, 0) is 18.2 Å². The van der Waals surface area contributed by atoms with E-state index in [0.717, 1.165) is 12.3 Å². The van der Waals surface area contributed by atoms with Gasteiger partial charge in [0, 0.05) is 5.39 Å². The number of benzene rings is 2. The van der Waals surface area contributed by atoms with Crippen LogP contribution in [0.2, 0.25) is 0 Å². The molecule has 0 aliphatic heterocycles. The fraction of sp³-hybridized carbons (Fsp3) is 0.118. The van der Waals surface area contributed by atoms with Crippen molar-refractivity contribution in [3.63, 3.8) is 0 Å². The molecule has 0 unspecified atom stereocenters. The first-order valence-electron chi connectivity index (χ1n) is 7.74. The summed E-state index contributed by atoms with van der Waals surface area (Å²) >= 11 is 0. The Morgan fingerprint density at radius 2 is 1.85 bits per heavy atom. The molecule has 3 aromatic rings. The summed E-state index contributed by atoms with van der Waals surface area (Å²) in [5.41, 5.74) is 0.384. The molecule has 10 heteroatoms. The van der Waals surface area contributed by atoms with Gasteiger partial charge in [0.2, 0.25) is 15.9 Å². The highest BCUT2D eigenvalue weighted by atomic mass is 32.2. The Labute approximate surface area is 154 Å². The molecule has 3 rings (SSSR count). The van der Waals surface area contributed by atoms with Gasteiger partial charge in [0.15, 0.2) is 5.69 Å². The third kappa shape index (κ3) is 3.95. The quantitative estimate of drug-likeness (QED) is 0.651. The first-order valence-corrected chi connectivity index (χ1v) is 9.58. The molecule has 1 heterocycles. The van der Waals surface area contributed by atoms with Crippen molar-refractivity contribution >= 4 is 38.2 Å². The Morgan fingerprint density at radius 3 is 2.56 bits per heavy atom. The van der Waals surface area contributed by atoms with Crippen LogP contribution in [0.3, 0.4) is 0 Å². The number of halogens is 1. The molecule has 1 aromatic heterocycles. The zero-order chi connectivity index (χ0) is 19.6. The fourth-order valence-electron chi connectivity index (χ4n) is 2.51. The highest BCUT2D eigenvalue weighted by molar-refractivity contribution is 7.92. The average Bonchev–Trinajstić information content (AvgIpc) is 2.93. The lowest BCUT2D eigenvalue weighted by atomic mass is 10.2. The zero-order valence-electron chi connectivity index (χ0n) is 14.1. The number of carbonyl (C=O) groups is 1. The first kappa shape index (κ1) is 18.5. The predicted molar refractivity (Wildman–Crippen MR) is 98.1 cm³/mol. The maximum absolute atomic E-state index is 13.9. The fourth-order valence-corrected chi connectivity index (χ4v) is 3.36. The minimum absolute atomic E-state index is 0.0516. The molecule has 8 nitrogen and oxygen atoms in total. The van der Waals surface area contributed by atoms with E-state index in [4.69, 9.17) is 0 Å². The largest absolute Gasteiger partial charge is 0.493 e. The van der Waals surface area contributed by atoms with Crippen LogP contribution in [0.25, 0.3) is 10.9 Å². The molecule has 2 N–H and O–H groups in total. The van der Waals surface area contributed by atoms with Gasteiger partial charge in [0.05, 0.1) is 17.5 Å². The Hall–Kier alpha value is -3.27. The van der Waals surface area contributed by atoms with E-state index in [1.54, 1.807) is 24.3 Å². The summed E-state index contributed by atoms with van der Waals surface area (Å²) in [5, 5.41) is 17.6. The number of hydrogen-bond donors (Lipinski definition) is 2. The van der Waals surface area contributed by atoms with Crippen LogP contribution in [0.4, 0.5) is 15.8 Å². The van der Waals surface area contributed by atoms with Gasteiger partial charge in [-0.2, -0.15) is 0 Å². The van der Waals surface area contributed by atoms with Crippen molar-refractivity contribution in [1.29, 1.82) is 0 Å². The summed E-state index contributed by atoms with van der Waals surface area (Å²) in [7, 11) is -3.94. The van der Waals surface area contributed by atoms with Gasteiger partial charge in [0.1, 0.15) is 12.4 Å². The molecule has 0 aliphatic rings. The van der Waals surface area contributed by atoms with E-state index in [9.17, 15) is 22.7 Å². The molecule has 0 saturated heterocycles. The highest BCUT2D eigenvalue weighted by Gasteiger charge is 2.23. The minimum atomic E-state index is -3.94. The summed E-state index contributed by atoms with van der Waals surface area (Å²) in [4.78, 5) is 14.8. The molecule has 0 fully saturated rings. The second kappa shape index (κ2) is 7.16. The van der Waals surface area contributed by atoms with Crippen molar-refractivity contribution < 1.29 is 22.7 Å². The van der Waals surface area contributed by atoms with Gasteiger partial charge in [-0.1, -0.05) is 30.3 Å². The van der Waals surface area contributed by atoms with Crippen LogP contribution >= 0.6 is 0 Å². The van der Waals surface area contributed by atoms with E-state index in [2.05, 4.69) is 15.2 Å². The zero-order valence-corrected chi connectivity index (χ0v) is 14.9. The summed E-state index contributed by atoms with van der Waals surface area (Å²) in [6.45, 7) is -0.730. The lowest BCUT2D eigenvalue weighted by Gasteiger charge is -2.20. The molecular formula is C17H15FN4O4S. The van der Waals surface area contributed by atoms with Crippen molar-refractivity contribution in [3.05, 3.63) is 54.3 Å². The van der Waals surface area contributed by atoms with Gasteiger partial charge in [-0.3, -0.25) is 9.10 Å². The van der Waals surface area contributed by atoms with E-state index < -0.39 is 28.3 Å². The molecule has 0 saturated carbocycles. The van der Waals surface area contributed by atoms with E-state index in [-0.39, 0.29) is 17.3 Å². The lowest BCUT2D eigenvalue weighted by molar-refractivity contribution is -0.116. The number of nitrogens with zero attached hydrogens (tertiary/aromatic N) is 3. The van der Waals surface area contributed by atoms with Crippen LogP contribution in [-0.2, 0) is 14.8 Å². The van der Waals surface area contributed by atoms with E-state index in [1.165, 1.54) is 18.2 Å². The summed E-state index contributed by atoms with van der Waals surface area (Å²) in [6, 6.07) is 12.0. The van der Waals surface area contributed by atoms with Crippen LogP contribution in [-0.4, -0.2) is 37.2 Å². The van der Waals surface area contributed by atoms with Crippen LogP contribution in [0.15, 0.2) is 58.8 Å². The lowest BCUT2D eigenvalue weighted by Crippen LogP contribution is -2.35. The second-order valence-electron chi connectivity index (χ2n) is 5.68. The number of aromatic nitrogens is 1.